The van der Waals surface area contributed by atoms with Crippen LogP contribution in [0.1, 0.15) is 37.6 Å². The van der Waals surface area contributed by atoms with Gasteiger partial charge in [-0.25, -0.2) is 0 Å². The highest BCUT2D eigenvalue weighted by Crippen LogP contribution is 2.32. The van der Waals surface area contributed by atoms with Gasteiger partial charge in [0.1, 0.15) is 0 Å². The number of hydrogen-bond donors (Lipinski definition) is 1. The molecule has 4 nitrogen and oxygen atoms in total. The molecule has 18 heavy (non-hydrogen) atoms. The van der Waals surface area contributed by atoms with Crippen LogP contribution in [0.15, 0.2) is 18.3 Å². The predicted octanol–water partition coefficient (Wildman–Crippen LogP) is 1.65. The number of likely N-dealkylation sites (tertiary alicyclic amines) is 1. The zero-order valence-corrected chi connectivity index (χ0v) is 11.3. The van der Waals surface area contributed by atoms with Crippen LogP contribution in [-0.4, -0.2) is 28.4 Å². The number of carbonyl (C=O) groups excluding carboxylic acids is 1. The SMILES string of the molecule is Cc1ccc(C2C(N)CC(=O)N2CC(C)C)cn1. The normalized spacial score (nSPS) is 24.1. The molecule has 0 aromatic carbocycles. The van der Waals surface area contributed by atoms with E-state index in [2.05, 4.69) is 18.8 Å². The molecule has 1 aliphatic heterocycles. The van der Waals surface area contributed by atoms with Crippen molar-refractivity contribution in [2.75, 3.05) is 6.54 Å². The third-order valence-electron chi connectivity index (χ3n) is 3.31. The Morgan fingerprint density at radius 3 is 2.78 bits per heavy atom. The summed E-state index contributed by atoms with van der Waals surface area (Å²) in [5.41, 5.74) is 8.14. The molecule has 1 saturated heterocycles. The molecule has 2 rings (SSSR count). The van der Waals surface area contributed by atoms with Crippen molar-refractivity contribution >= 4 is 5.91 Å². The summed E-state index contributed by atoms with van der Waals surface area (Å²) in [5, 5.41) is 0. The number of rotatable bonds is 3. The zero-order valence-electron chi connectivity index (χ0n) is 11.3. The van der Waals surface area contributed by atoms with E-state index in [1.165, 1.54) is 0 Å². The summed E-state index contributed by atoms with van der Waals surface area (Å²) in [6.07, 6.45) is 2.27. The van der Waals surface area contributed by atoms with Crippen LogP contribution in [0.25, 0.3) is 0 Å². The summed E-state index contributed by atoms with van der Waals surface area (Å²) in [6, 6.07) is 3.85. The maximum absolute atomic E-state index is 12.0. The standard InChI is InChI=1S/C14H21N3O/c1-9(2)8-17-13(18)6-12(15)14(17)11-5-4-10(3)16-7-11/h4-5,7,9,12,14H,6,8,15H2,1-3H3. The monoisotopic (exact) mass is 247 g/mol. The van der Waals surface area contributed by atoms with Gasteiger partial charge in [0.15, 0.2) is 0 Å². The molecule has 2 heterocycles. The van der Waals surface area contributed by atoms with Gasteiger partial charge >= 0.3 is 0 Å². The van der Waals surface area contributed by atoms with Crippen LogP contribution in [0.2, 0.25) is 0 Å². The van der Waals surface area contributed by atoms with E-state index >= 15 is 0 Å². The van der Waals surface area contributed by atoms with Crippen molar-refractivity contribution in [2.45, 2.75) is 39.3 Å². The summed E-state index contributed by atoms with van der Waals surface area (Å²) in [4.78, 5) is 18.2. The van der Waals surface area contributed by atoms with Crippen LogP contribution in [0.3, 0.4) is 0 Å². The molecule has 0 bridgehead atoms. The molecule has 2 N–H and O–H groups in total. The highest BCUT2D eigenvalue weighted by Gasteiger charge is 2.38. The van der Waals surface area contributed by atoms with Gasteiger partial charge in [-0.15, -0.1) is 0 Å². The zero-order chi connectivity index (χ0) is 13.3. The lowest BCUT2D eigenvalue weighted by Crippen LogP contribution is -2.35. The van der Waals surface area contributed by atoms with Gasteiger partial charge in [0.2, 0.25) is 5.91 Å². The van der Waals surface area contributed by atoms with E-state index in [0.29, 0.717) is 12.3 Å². The molecule has 0 saturated carbocycles. The van der Waals surface area contributed by atoms with Crippen molar-refractivity contribution in [1.82, 2.24) is 9.88 Å². The Morgan fingerprint density at radius 1 is 1.50 bits per heavy atom. The van der Waals surface area contributed by atoms with Crippen LogP contribution in [0.4, 0.5) is 0 Å². The summed E-state index contributed by atoms with van der Waals surface area (Å²) in [6.45, 7) is 6.93. The fraction of sp³-hybridized carbons (Fsp3) is 0.571. The Balaban J connectivity index is 2.27. The third-order valence-corrected chi connectivity index (χ3v) is 3.31. The summed E-state index contributed by atoms with van der Waals surface area (Å²) in [5.74, 6) is 0.599. The van der Waals surface area contributed by atoms with Crippen LogP contribution >= 0.6 is 0 Å². The molecular formula is C14H21N3O. The molecule has 4 heteroatoms. The van der Waals surface area contributed by atoms with Gasteiger partial charge in [-0.1, -0.05) is 19.9 Å². The van der Waals surface area contributed by atoms with E-state index in [9.17, 15) is 4.79 Å². The van der Waals surface area contributed by atoms with Gasteiger partial charge in [-0.2, -0.15) is 0 Å². The number of nitrogens with two attached hydrogens (primary N) is 1. The van der Waals surface area contributed by atoms with Crippen molar-refractivity contribution in [1.29, 1.82) is 0 Å². The van der Waals surface area contributed by atoms with E-state index < -0.39 is 0 Å². The van der Waals surface area contributed by atoms with E-state index in [4.69, 9.17) is 5.73 Å². The highest BCUT2D eigenvalue weighted by molar-refractivity contribution is 5.80. The highest BCUT2D eigenvalue weighted by atomic mass is 16.2. The molecule has 2 unspecified atom stereocenters. The minimum Gasteiger partial charge on any atom is -0.334 e. The molecule has 98 valence electrons. The smallest absolute Gasteiger partial charge is 0.224 e. The number of hydrogen-bond acceptors (Lipinski definition) is 3. The quantitative estimate of drug-likeness (QED) is 0.883. The van der Waals surface area contributed by atoms with Gasteiger partial charge in [0.05, 0.1) is 6.04 Å². The van der Waals surface area contributed by atoms with Crippen molar-refractivity contribution in [3.8, 4) is 0 Å². The Kier molecular flexibility index (Phi) is 3.66. The lowest BCUT2D eigenvalue weighted by Gasteiger charge is -2.28. The van der Waals surface area contributed by atoms with E-state index in [1.807, 2.05) is 30.2 Å². The number of carbonyl (C=O) groups is 1. The first-order valence-electron chi connectivity index (χ1n) is 6.46. The Hall–Kier alpha value is -1.42. The number of aryl methyl sites for hydroxylation is 1. The maximum Gasteiger partial charge on any atom is 0.224 e. The van der Waals surface area contributed by atoms with Gasteiger partial charge in [-0.05, 0) is 24.5 Å². The first-order chi connectivity index (χ1) is 8.49. The summed E-state index contributed by atoms with van der Waals surface area (Å²) in [7, 11) is 0. The average Bonchev–Trinajstić information content (AvgIpc) is 2.55. The molecule has 1 aliphatic rings. The Morgan fingerprint density at radius 2 is 2.22 bits per heavy atom. The molecule has 1 aromatic heterocycles. The van der Waals surface area contributed by atoms with E-state index in [-0.39, 0.29) is 18.0 Å². The molecule has 0 radical (unpaired) electrons. The van der Waals surface area contributed by atoms with Crippen molar-refractivity contribution < 1.29 is 4.79 Å². The van der Waals surface area contributed by atoms with Gasteiger partial charge in [-0.3, -0.25) is 9.78 Å². The second kappa shape index (κ2) is 5.06. The van der Waals surface area contributed by atoms with Gasteiger partial charge in [0.25, 0.3) is 0 Å². The van der Waals surface area contributed by atoms with E-state index in [1.54, 1.807) is 0 Å². The molecule has 0 aliphatic carbocycles. The lowest BCUT2D eigenvalue weighted by molar-refractivity contribution is -0.129. The molecule has 0 spiro atoms. The lowest BCUT2D eigenvalue weighted by atomic mass is 10.0. The summed E-state index contributed by atoms with van der Waals surface area (Å²) < 4.78 is 0. The van der Waals surface area contributed by atoms with Crippen molar-refractivity contribution in [3.63, 3.8) is 0 Å². The topological polar surface area (TPSA) is 59.2 Å². The van der Waals surface area contributed by atoms with Crippen LogP contribution < -0.4 is 5.73 Å². The Bertz CT molecular complexity index is 427. The molecule has 1 fully saturated rings. The minimum absolute atomic E-state index is 0.0204. The number of amides is 1. The van der Waals surface area contributed by atoms with Crippen molar-refractivity contribution in [3.05, 3.63) is 29.6 Å². The number of pyridine rings is 1. The first-order valence-corrected chi connectivity index (χ1v) is 6.46. The third kappa shape index (κ3) is 2.53. The predicted molar refractivity (Wildman–Crippen MR) is 70.9 cm³/mol. The molecular weight excluding hydrogens is 226 g/mol. The fourth-order valence-electron chi connectivity index (χ4n) is 2.51. The fourth-order valence-corrected chi connectivity index (χ4v) is 2.51. The second-order valence-corrected chi connectivity index (χ2v) is 5.49. The second-order valence-electron chi connectivity index (χ2n) is 5.49. The molecule has 1 aromatic rings. The summed E-state index contributed by atoms with van der Waals surface area (Å²) >= 11 is 0. The first kappa shape index (κ1) is 13.0. The average molecular weight is 247 g/mol. The maximum atomic E-state index is 12.0. The van der Waals surface area contributed by atoms with E-state index in [0.717, 1.165) is 17.8 Å². The largest absolute Gasteiger partial charge is 0.334 e. The van der Waals surface area contributed by atoms with Crippen molar-refractivity contribution in [2.24, 2.45) is 11.7 Å². The molecule has 1 amide bonds. The van der Waals surface area contributed by atoms with Gasteiger partial charge < -0.3 is 10.6 Å². The van der Waals surface area contributed by atoms with Crippen LogP contribution in [0, 0.1) is 12.8 Å². The van der Waals surface area contributed by atoms with Crippen LogP contribution in [0.5, 0.6) is 0 Å². The minimum atomic E-state index is -0.124. The Labute approximate surface area is 108 Å². The molecule has 2 atom stereocenters. The number of nitrogens with zero attached hydrogens (tertiary/aromatic N) is 2. The van der Waals surface area contributed by atoms with Crippen LogP contribution in [-0.2, 0) is 4.79 Å². The van der Waals surface area contributed by atoms with Gasteiger partial charge in [0, 0.05) is 30.9 Å². The number of aromatic nitrogens is 1.